The molecule has 5 atom stereocenters. The molecule has 1 rings (SSSR count). The molecule has 0 unspecified atom stereocenters. The summed E-state index contributed by atoms with van der Waals surface area (Å²) in [4.78, 5) is 102. The summed E-state index contributed by atoms with van der Waals surface area (Å²) in [5.41, 5.74) is 0.383. The van der Waals surface area contributed by atoms with Gasteiger partial charge in [0.2, 0.25) is 24.1 Å². The maximum atomic E-state index is 13.2. The summed E-state index contributed by atoms with van der Waals surface area (Å²) in [5.74, 6) is -7.74. The first-order chi connectivity index (χ1) is 21.0. The predicted octanol–water partition coefficient (Wildman–Crippen LogP) is -0.870. The van der Waals surface area contributed by atoms with E-state index in [1.165, 1.54) is 24.3 Å². The van der Waals surface area contributed by atoms with Crippen molar-refractivity contribution >= 4 is 49.9 Å². The van der Waals surface area contributed by atoms with Crippen molar-refractivity contribution in [2.45, 2.75) is 76.5 Å². The van der Waals surface area contributed by atoms with Crippen LogP contribution in [0.1, 0.15) is 51.5 Å². The number of carboxylic acid groups (broad SMARTS) is 3. The number of benzene rings is 1. The first kappa shape index (κ1) is 38.5. The summed E-state index contributed by atoms with van der Waals surface area (Å²) in [7, 11) is -4.82. The summed E-state index contributed by atoms with van der Waals surface area (Å²) in [6.45, 7) is 3.25. The lowest BCUT2D eigenvalue weighted by molar-refractivity contribution is -0.144. The second-order valence-corrected chi connectivity index (χ2v) is 11.1. The number of aliphatic carboxylic acids is 3. The number of nitrogens with one attached hydrogen (secondary N) is 4. The third-order valence-corrected chi connectivity index (χ3v) is 6.96. The molecule has 0 aliphatic carbocycles. The minimum absolute atomic E-state index is 0.179. The Bertz CT molecular complexity index is 1270. The normalized spacial score (nSPS) is 14.4. The largest absolute Gasteiger partial charge is 0.524 e. The standard InChI is InChI=1S/C26H37N4O14P/c1-3-14(2)22(26(39)40)30-24(37)18(9-11-21(34)35)28-23(36)17(8-10-20(32)33)29-25(38)19(27-13-31)12-15-4-6-16(7-5-15)44-45(41,42)43/h4-7,13-14,17-19,22H,3,8-12H2,1-2H3,(H,27,31)(H,28,36)(H,29,38)(H,30,37)(H,32,33)(H,34,35)(H,39,40)(H2,41,42,43)/t14-,17-,18-,19-,22-/m0/s1. The molecule has 0 aliphatic rings. The Morgan fingerprint density at radius 3 is 1.69 bits per heavy atom. The van der Waals surface area contributed by atoms with Crippen molar-refractivity contribution in [1.29, 1.82) is 0 Å². The van der Waals surface area contributed by atoms with E-state index in [1.54, 1.807) is 13.8 Å². The number of carbonyl (C=O) groups excluding carboxylic acids is 4. The monoisotopic (exact) mass is 660 g/mol. The molecule has 45 heavy (non-hydrogen) atoms. The van der Waals surface area contributed by atoms with Crippen LogP contribution in [0.5, 0.6) is 5.75 Å². The van der Waals surface area contributed by atoms with E-state index in [-0.39, 0.29) is 18.6 Å². The third-order valence-electron chi connectivity index (χ3n) is 6.51. The summed E-state index contributed by atoms with van der Waals surface area (Å²) < 4.78 is 15.4. The van der Waals surface area contributed by atoms with Crippen LogP contribution < -0.4 is 25.8 Å². The highest BCUT2D eigenvalue weighted by atomic mass is 31.2. The Morgan fingerprint density at radius 2 is 1.29 bits per heavy atom. The zero-order valence-corrected chi connectivity index (χ0v) is 25.3. The molecule has 0 spiro atoms. The molecule has 250 valence electrons. The van der Waals surface area contributed by atoms with Gasteiger partial charge in [0.05, 0.1) is 0 Å². The van der Waals surface area contributed by atoms with Crippen molar-refractivity contribution in [3.05, 3.63) is 29.8 Å². The molecule has 0 fully saturated rings. The van der Waals surface area contributed by atoms with Crippen molar-refractivity contribution in [2.24, 2.45) is 5.92 Å². The van der Waals surface area contributed by atoms with E-state index in [2.05, 4.69) is 25.8 Å². The smallest absolute Gasteiger partial charge is 0.481 e. The number of hydrogen-bond donors (Lipinski definition) is 9. The Balaban J connectivity index is 3.18. The Morgan fingerprint density at radius 1 is 0.822 bits per heavy atom. The van der Waals surface area contributed by atoms with Gasteiger partial charge < -0.3 is 41.1 Å². The minimum atomic E-state index is -4.82. The van der Waals surface area contributed by atoms with Crippen LogP contribution in [0, 0.1) is 5.92 Å². The molecule has 0 saturated heterocycles. The zero-order chi connectivity index (χ0) is 34.3. The van der Waals surface area contributed by atoms with Crippen molar-refractivity contribution < 1.29 is 67.8 Å². The fraction of sp³-hybridized carbons (Fsp3) is 0.500. The second kappa shape index (κ2) is 18.3. The van der Waals surface area contributed by atoms with Crippen molar-refractivity contribution in [2.75, 3.05) is 0 Å². The van der Waals surface area contributed by atoms with Crippen LogP contribution >= 0.6 is 7.82 Å². The number of hydrogen-bond acceptors (Lipinski definition) is 9. The van der Waals surface area contributed by atoms with Gasteiger partial charge in [0, 0.05) is 19.3 Å². The SMILES string of the molecule is CC[C@H](C)[C@H](NC(=O)[C@H](CCC(=O)O)NC(=O)[C@H](CCC(=O)O)NC(=O)[C@H](Cc1ccc(OP(=O)(O)O)cc1)NC=O)C(=O)O. The van der Waals surface area contributed by atoms with E-state index >= 15 is 0 Å². The first-order valence-corrected chi connectivity index (χ1v) is 15.1. The highest BCUT2D eigenvalue weighted by Crippen LogP contribution is 2.37. The van der Waals surface area contributed by atoms with E-state index in [0.717, 1.165) is 0 Å². The molecule has 0 aromatic heterocycles. The van der Waals surface area contributed by atoms with E-state index in [1.807, 2.05) is 0 Å². The fourth-order valence-electron chi connectivity index (χ4n) is 3.92. The molecule has 0 radical (unpaired) electrons. The zero-order valence-electron chi connectivity index (χ0n) is 24.4. The Hall–Kier alpha value is -4.54. The fourth-order valence-corrected chi connectivity index (χ4v) is 4.32. The predicted molar refractivity (Wildman–Crippen MR) is 152 cm³/mol. The molecular weight excluding hydrogens is 623 g/mol. The van der Waals surface area contributed by atoms with Gasteiger partial charge in [-0.25, -0.2) is 9.36 Å². The first-order valence-electron chi connectivity index (χ1n) is 13.6. The number of rotatable bonds is 21. The van der Waals surface area contributed by atoms with Crippen LogP contribution in [0.25, 0.3) is 0 Å². The summed E-state index contributed by atoms with van der Waals surface area (Å²) in [6.07, 6.45) is -1.78. The van der Waals surface area contributed by atoms with E-state index < -0.39 is 99.2 Å². The van der Waals surface area contributed by atoms with Crippen LogP contribution in [0.2, 0.25) is 0 Å². The highest BCUT2D eigenvalue weighted by molar-refractivity contribution is 7.46. The number of carbonyl (C=O) groups is 7. The molecule has 18 nitrogen and oxygen atoms in total. The lowest BCUT2D eigenvalue weighted by Crippen LogP contribution is -2.58. The summed E-state index contributed by atoms with van der Waals surface area (Å²) in [5, 5.41) is 36.9. The molecule has 9 N–H and O–H groups in total. The van der Waals surface area contributed by atoms with Crippen LogP contribution in [0.4, 0.5) is 0 Å². The van der Waals surface area contributed by atoms with E-state index in [0.29, 0.717) is 12.0 Å². The molecule has 1 aromatic carbocycles. The second-order valence-electron chi connectivity index (χ2n) is 9.96. The Labute approximate surface area is 257 Å². The van der Waals surface area contributed by atoms with Gasteiger partial charge in [-0.05, 0) is 36.5 Å². The molecule has 1 aromatic rings. The van der Waals surface area contributed by atoms with Gasteiger partial charge in [0.25, 0.3) is 0 Å². The maximum absolute atomic E-state index is 13.2. The molecule has 0 heterocycles. The summed E-state index contributed by atoms with van der Waals surface area (Å²) >= 11 is 0. The number of amides is 4. The van der Waals surface area contributed by atoms with Gasteiger partial charge >= 0.3 is 25.7 Å². The van der Waals surface area contributed by atoms with Gasteiger partial charge in [-0.1, -0.05) is 32.4 Å². The number of carboxylic acids is 3. The lowest BCUT2D eigenvalue weighted by atomic mass is 9.98. The van der Waals surface area contributed by atoms with Crippen LogP contribution in [-0.4, -0.2) is 91.3 Å². The van der Waals surface area contributed by atoms with E-state index in [4.69, 9.17) is 20.0 Å². The van der Waals surface area contributed by atoms with Crippen molar-refractivity contribution in [1.82, 2.24) is 21.3 Å². The molecule has 4 amide bonds. The van der Waals surface area contributed by atoms with Gasteiger partial charge in [0.1, 0.15) is 29.9 Å². The summed E-state index contributed by atoms with van der Waals surface area (Å²) in [6, 6.07) is -0.743. The molecule has 0 aliphatic heterocycles. The Kier molecular flexibility index (Phi) is 15.7. The van der Waals surface area contributed by atoms with Crippen LogP contribution in [0.3, 0.4) is 0 Å². The maximum Gasteiger partial charge on any atom is 0.524 e. The minimum Gasteiger partial charge on any atom is -0.481 e. The molecule has 0 bridgehead atoms. The third kappa shape index (κ3) is 14.7. The van der Waals surface area contributed by atoms with Crippen LogP contribution in [0.15, 0.2) is 24.3 Å². The molecular formula is C26H37N4O14P. The van der Waals surface area contributed by atoms with Gasteiger partial charge in [-0.15, -0.1) is 0 Å². The quantitative estimate of drug-likeness (QED) is 0.0572. The molecule has 19 heteroatoms. The van der Waals surface area contributed by atoms with Crippen molar-refractivity contribution in [3.63, 3.8) is 0 Å². The number of phosphoric ester groups is 1. The van der Waals surface area contributed by atoms with E-state index in [9.17, 15) is 43.2 Å². The topological polar surface area (TPSA) is 295 Å². The average molecular weight is 661 g/mol. The van der Waals surface area contributed by atoms with Gasteiger partial charge in [-0.3, -0.25) is 38.6 Å². The average Bonchev–Trinajstić information content (AvgIpc) is 2.94. The van der Waals surface area contributed by atoms with Crippen LogP contribution in [-0.2, 0) is 44.5 Å². The lowest BCUT2D eigenvalue weighted by Gasteiger charge is -2.26. The van der Waals surface area contributed by atoms with Crippen molar-refractivity contribution in [3.8, 4) is 5.75 Å². The highest BCUT2D eigenvalue weighted by Gasteiger charge is 2.33. The van der Waals surface area contributed by atoms with Gasteiger partial charge in [0.15, 0.2) is 0 Å². The number of phosphoric acid groups is 1. The molecule has 0 saturated carbocycles. The van der Waals surface area contributed by atoms with Gasteiger partial charge in [-0.2, -0.15) is 0 Å².